The summed E-state index contributed by atoms with van der Waals surface area (Å²) in [5.74, 6) is -2.05. The highest BCUT2D eigenvalue weighted by molar-refractivity contribution is 5.97. The maximum absolute atomic E-state index is 15.2. The van der Waals surface area contributed by atoms with Gasteiger partial charge in [0, 0.05) is 25.3 Å². The third-order valence-corrected chi connectivity index (χ3v) is 5.95. The van der Waals surface area contributed by atoms with Gasteiger partial charge < -0.3 is 25.0 Å². The number of pyridine rings is 1. The summed E-state index contributed by atoms with van der Waals surface area (Å²) in [6, 6.07) is 0.907. The lowest BCUT2D eigenvalue weighted by molar-refractivity contribution is 0.0694. The zero-order chi connectivity index (χ0) is 20.9. The van der Waals surface area contributed by atoms with Gasteiger partial charge >= 0.3 is 5.97 Å². The van der Waals surface area contributed by atoms with Crippen LogP contribution in [0.5, 0.6) is 5.75 Å². The number of aromatic nitrogens is 1. The van der Waals surface area contributed by atoms with Gasteiger partial charge in [-0.15, -0.1) is 0 Å². The first-order valence-electron chi connectivity index (χ1n) is 9.53. The Morgan fingerprint density at radius 2 is 2.17 bits per heavy atom. The lowest BCUT2D eigenvalue weighted by Crippen LogP contribution is -2.48. The van der Waals surface area contributed by atoms with Crippen molar-refractivity contribution >= 4 is 22.6 Å². The number of aryl methyl sites for hydroxylation is 1. The number of aromatic carboxylic acids is 1. The fraction of sp³-hybridized carbons (Fsp3) is 0.500. The Morgan fingerprint density at radius 1 is 1.45 bits per heavy atom. The molecule has 1 saturated heterocycles. The first-order valence-corrected chi connectivity index (χ1v) is 9.53. The summed E-state index contributed by atoms with van der Waals surface area (Å²) in [5, 5.41) is 9.16. The molecule has 29 heavy (non-hydrogen) atoms. The number of halogens is 2. The van der Waals surface area contributed by atoms with Crippen molar-refractivity contribution in [2.75, 3.05) is 31.8 Å². The number of hydrogen-bond donors (Lipinski definition) is 2. The molecule has 2 fully saturated rings. The van der Waals surface area contributed by atoms with E-state index in [-0.39, 0.29) is 40.3 Å². The number of nitrogens with zero attached hydrogens (tertiary/aromatic N) is 2. The van der Waals surface area contributed by atoms with Crippen LogP contribution in [-0.4, -0.2) is 48.6 Å². The number of piperidine rings is 1. The second-order valence-corrected chi connectivity index (χ2v) is 8.04. The number of ether oxygens (including phenoxy) is 1. The fourth-order valence-electron chi connectivity index (χ4n) is 4.54. The standard InChI is InChI=1S/C20H23F2N3O4/c1-29-18-15-12(17(26)13(19(27)28)9-24(15)5-4-21)6-14(22)16(18)25-8-11(23)7-20(10-25)2-3-20/h6,9,11H,2-5,7-8,10,23H2,1H3,(H,27,28). The van der Waals surface area contributed by atoms with E-state index in [4.69, 9.17) is 10.5 Å². The molecule has 1 atom stereocenters. The predicted octanol–water partition coefficient (Wildman–Crippen LogP) is 2.13. The molecule has 3 N–H and O–H groups in total. The normalized spacial score (nSPS) is 20.3. The van der Waals surface area contributed by atoms with E-state index >= 15 is 4.39 Å². The van der Waals surface area contributed by atoms with Gasteiger partial charge in [-0.2, -0.15) is 0 Å². The van der Waals surface area contributed by atoms with Gasteiger partial charge in [-0.1, -0.05) is 0 Å². The van der Waals surface area contributed by atoms with Crippen molar-refractivity contribution in [1.82, 2.24) is 4.57 Å². The Bertz CT molecular complexity index is 1050. The van der Waals surface area contributed by atoms with Crippen LogP contribution >= 0.6 is 0 Å². The average Bonchev–Trinajstić information content (AvgIpc) is 3.39. The van der Waals surface area contributed by atoms with Crippen LogP contribution in [0.3, 0.4) is 0 Å². The number of alkyl halides is 1. The van der Waals surface area contributed by atoms with Crippen LogP contribution in [0.1, 0.15) is 29.6 Å². The van der Waals surface area contributed by atoms with Crippen LogP contribution in [0, 0.1) is 11.2 Å². The van der Waals surface area contributed by atoms with Crippen molar-refractivity contribution in [1.29, 1.82) is 0 Å². The summed E-state index contributed by atoms with van der Waals surface area (Å²) in [6.45, 7) is 0.0770. The van der Waals surface area contributed by atoms with Crippen molar-refractivity contribution < 1.29 is 23.4 Å². The number of rotatable bonds is 5. The molecule has 1 aromatic carbocycles. The Hall–Kier alpha value is -2.68. The van der Waals surface area contributed by atoms with Crippen molar-refractivity contribution in [3.8, 4) is 5.75 Å². The molecule has 156 valence electrons. The summed E-state index contributed by atoms with van der Waals surface area (Å²) in [6.07, 6.45) is 4.03. The monoisotopic (exact) mass is 407 g/mol. The first kappa shape index (κ1) is 19.6. The van der Waals surface area contributed by atoms with Gasteiger partial charge in [0.15, 0.2) is 11.6 Å². The third-order valence-electron chi connectivity index (χ3n) is 5.95. The average molecular weight is 407 g/mol. The van der Waals surface area contributed by atoms with Crippen molar-refractivity contribution in [3.05, 3.63) is 33.9 Å². The topological polar surface area (TPSA) is 97.8 Å². The smallest absolute Gasteiger partial charge is 0.341 e. The van der Waals surface area contributed by atoms with Crippen LogP contribution in [-0.2, 0) is 6.54 Å². The van der Waals surface area contributed by atoms with E-state index in [1.54, 1.807) is 0 Å². The van der Waals surface area contributed by atoms with Crippen LogP contribution in [0.15, 0.2) is 17.1 Å². The van der Waals surface area contributed by atoms with Gasteiger partial charge in [-0.25, -0.2) is 13.6 Å². The van der Waals surface area contributed by atoms with Crippen molar-refractivity contribution in [2.45, 2.75) is 31.8 Å². The van der Waals surface area contributed by atoms with Crippen LogP contribution in [0.25, 0.3) is 10.9 Å². The summed E-state index contributed by atoms with van der Waals surface area (Å²) in [5.41, 5.74) is 5.27. The number of fused-ring (bicyclic) bond motifs is 1. The number of nitrogens with two attached hydrogens (primary N) is 1. The molecule has 4 rings (SSSR count). The van der Waals surface area contributed by atoms with Crippen LogP contribution < -0.4 is 20.8 Å². The summed E-state index contributed by atoms with van der Waals surface area (Å²) < 4.78 is 35.2. The molecule has 1 spiro atoms. The Balaban J connectivity index is 1.98. The van der Waals surface area contributed by atoms with E-state index in [0.29, 0.717) is 13.1 Å². The lowest BCUT2D eigenvalue weighted by Gasteiger charge is -2.39. The SMILES string of the molecule is COc1c(N2CC(N)CC3(CC3)C2)c(F)cc2c(=O)c(C(=O)O)cn(CCF)c12. The van der Waals surface area contributed by atoms with Crippen LogP contribution in [0.4, 0.5) is 14.5 Å². The zero-order valence-corrected chi connectivity index (χ0v) is 16.1. The number of carboxylic acids is 1. The second-order valence-electron chi connectivity index (χ2n) is 8.04. The number of anilines is 1. The van der Waals surface area contributed by atoms with Crippen molar-refractivity contribution in [2.24, 2.45) is 11.1 Å². The first-order chi connectivity index (χ1) is 13.8. The molecule has 2 heterocycles. The third kappa shape index (κ3) is 3.23. The number of carboxylic acid groups (broad SMARTS) is 1. The Morgan fingerprint density at radius 3 is 2.76 bits per heavy atom. The van der Waals surface area contributed by atoms with E-state index in [2.05, 4.69) is 0 Å². The highest BCUT2D eigenvalue weighted by Crippen LogP contribution is 2.53. The summed E-state index contributed by atoms with van der Waals surface area (Å²) in [7, 11) is 1.35. The predicted molar refractivity (Wildman–Crippen MR) is 104 cm³/mol. The van der Waals surface area contributed by atoms with Gasteiger partial charge in [0.2, 0.25) is 5.43 Å². The Labute approximate surface area is 165 Å². The van der Waals surface area contributed by atoms with E-state index in [0.717, 1.165) is 31.5 Å². The fourth-order valence-corrected chi connectivity index (χ4v) is 4.54. The van der Waals surface area contributed by atoms with E-state index in [1.807, 2.05) is 4.90 Å². The molecule has 2 aromatic rings. The van der Waals surface area contributed by atoms with Gasteiger partial charge in [-0.3, -0.25) is 4.79 Å². The summed E-state index contributed by atoms with van der Waals surface area (Å²) >= 11 is 0. The molecule has 2 aliphatic rings. The number of hydrogen-bond acceptors (Lipinski definition) is 5. The minimum absolute atomic E-state index is 0.0792. The van der Waals surface area contributed by atoms with Crippen LogP contribution in [0.2, 0.25) is 0 Å². The number of benzene rings is 1. The number of methoxy groups -OCH3 is 1. The van der Waals surface area contributed by atoms with E-state index < -0.39 is 29.5 Å². The highest BCUT2D eigenvalue weighted by atomic mass is 19.1. The molecule has 9 heteroatoms. The second kappa shape index (κ2) is 6.98. The quantitative estimate of drug-likeness (QED) is 0.788. The van der Waals surface area contributed by atoms with Crippen molar-refractivity contribution in [3.63, 3.8) is 0 Å². The molecule has 1 saturated carbocycles. The highest BCUT2D eigenvalue weighted by Gasteiger charge is 2.48. The molecule has 0 amide bonds. The molecule has 7 nitrogen and oxygen atoms in total. The Kier molecular flexibility index (Phi) is 4.72. The maximum Gasteiger partial charge on any atom is 0.341 e. The minimum Gasteiger partial charge on any atom is -0.492 e. The summed E-state index contributed by atoms with van der Waals surface area (Å²) in [4.78, 5) is 25.9. The van der Waals surface area contributed by atoms with Gasteiger partial charge in [0.25, 0.3) is 0 Å². The lowest BCUT2D eigenvalue weighted by atomic mass is 9.91. The maximum atomic E-state index is 15.2. The molecule has 1 aromatic heterocycles. The van der Waals surface area contributed by atoms with Gasteiger partial charge in [0.1, 0.15) is 17.9 Å². The van der Waals surface area contributed by atoms with Gasteiger partial charge in [-0.05, 0) is 30.7 Å². The zero-order valence-electron chi connectivity index (χ0n) is 16.1. The molecular weight excluding hydrogens is 384 g/mol. The molecule has 0 radical (unpaired) electrons. The molecular formula is C20H23F2N3O4. The molecule has 0 bridgehead atoms. The molecule has 1 aliphatic heterocycles. The van der Waals surface area contributed by atoms with Gasteiger partial charge in [0.05, 0.1) is 24.6 Å². The minimum atomic E-state index is -1.45. The number of carbonyl (C=O) groups is 1. The van der Waals surface area contributed by atoms with E-state index in [9.17, 15) is 19.1 Å². The molecule has 1 unspecified atom stereocenters. The molecule has 1 aliphatic carbocycles. The largest absolute Gasteiger partial charge is 0.492 e. The van der Waals surface area contributed by atoms with E-state index in [1.165, 1.54) is 11.7 Å².